The zero-order chi connectivity index (χ0) is 12.3. The van der Waals surface area contributed by atoms with Gasteiger partial charge in [-0.25, -0.2) is 0 Å². The summed E-state index contributed by atoms with van der Waals surface area (Å²) in [5, 5.41) is 2.93. The highest BCUT2D eigenvalue weighted by molar-refractivity contribution is 5.93. The second kappa shape index (κ2) is 5.27. The molecule has 1 heterocycles. The smallest absolute Gasteiger partial charge is 0.252 e. The number of carbonyl (C=O) groups excluding carboxylic acids is 1. The van der Waals surface area contributed by atoms with Crippen molar-refractivity contribution < 1.29 is 4.79 Å². The van der Waals surface area contributed by atoms with Crippen LogP contribution in [-0.4, -0.2) is 23.5 Å². The third-order valence-electron chi connectivity index (χ3n) is 3.42. The van der Waals surface area contributed by atoms with Gasteiger partial charge in [0.25, 0.3) is 5.91 Å². The molecule has 1 fully saturated rings. The Labute approximate surface area is 102 Å². The topological polar surface area (TPSA) is 68.0 Å². The van der Waals surface area contributed by atoms with Crippen molar-refractivity contribution in [3.63, 3.8) is 0 Å². The van der Waals surface area contributed by atoms with Gasteiger partial charge in [0.1, 0.15) is 0 Å². The number of aryl methyl sites for hydroxylation is 1. The molecule has 1 aromatic rings. The summed E-state index contributed by atoms with van der Waals surface area (Å²) in [6.45, 7) is 2.58. The number of amides is 1. The van der Waals surface area contributed by atoms with Gasteiger partial charge >= 0.3 is 0 Å². The summed E-state index contributed by atoms with van der Waals surface area (Å²) >= 11 is 0. The summed E-state index contributed by atoms with van der Waals surface area (Å²) in [5.74, 6) is 0.369. The van der Waals surface area contributed by atoms with Crippen LogP contribution in [0.4, 0.5) is 0 Å². The third-order valence-corrected chi connectivity index (χ3v) is 3.42. The zero-order valence-electron chi connectivity index (χ0n) is 10.1. The number of pyridine rings is 1. The highest BCUT2D eigenvalue weighted by Crippen LogP contribution is 2.23. The second-order valence-electron chi connectivity index (χ2n) is 4.75. The van der Waals surface area contributed by atoms with E-state index in [1.54, 1.807) is 12.3 Å². The Morgan fingerprint density at radius 1 is 1.53 bits per heavy atom. The van der Waals surface area contributed by atoms with Gasteiger partial charge in [-0.1, -0.05) is 6.42 Å². The molecule has 4 nitrogen and oxygen atoms in total. The van der Waals surface area contributed by atoms with E-state index >= 15 is 0 Å². The van der Waals surface area contributed by atoms with Crippen LogP contribution in [0.5, 0.6) is 0 Å². The van der Waals surface area contributed by atoms with Gasteiger partial charge in [-0.2, -0.15) is 0 Å². The van der Waals surface area contributed by atoms with E-state index in [0.717, 1.165) is 18.5 Å². The molecule has 4 heteroatoms. The van der Waals surface area contributed by atoms with Crippen molar-refractivity contribution >= 4 is 5.91 Å². The lowest BCUT2D eigenvalue weighted by atomic mass is 10.0. The fourth-order valence-corrected chi connectivity index (χ4v) is 2.25. The first-order valence-electron chi connectivity index (χ1n) is 6.13. The van der Waals surface area contributed by atoms with Crippen LogP contribution in [-0.2, 0) is 0 Å². The Hall–Kier alpha value is -1.42. The van der Waals surface area contributed by atoms with E-state index in [2.05, 4.69) is 10.3 Å². The SMILES string of the molecule is Cc1ccc(C(=O)NCC2CCCC2N)cn1. The molecule has 1 amide bonds. The van der Waals surface area contributed by atoms with E-state index in [9.17, 15) is 4.79 Å². The normalized spacial score (nSPS) is 23.6. The summed E-state index contributed by atoms with van der Waals surface area (Å²) in [5.41, 5.74) is 7.49. The Balaban J connectivity index is 1.87. The fraction of sp³-hybridized carbons (Fsp3) is 0.538. The minimum Gasteiger partial charge on any atom is -0.352 e. The molecule has 1 aliphatic rings. The van der Waals surface area contributed by atoms with Gasteiger partial charge in [0.05, 0.1) is 5.56 Å². The van der Waals surface area contributed by atoms with Crippen LogP contribution in [0.25, 0.3) is 0 Å². The number of nitrogens with one attached hydrogen (secondary N) is 1. The van der Waals surface area contributed by atoms with Crippen LogP contribution in [0.3, 0.4) is 0 Å². The molecule has 0 radical (unpaired) electrons. The maximum atomic E-state index is 11.8. The van der Waals surface area contributed by atoms with Gasteiger partial charge in [0.2, 0.25) is 0 Å². The maximum absolute atomic E-state index is 11.8. The molecule has 1 aromatic heterocycles. The molecule has 17 heavy (non-hydrogen) atoms. The molecule has 92 valence electrons. The lowest BCUT2D eigenvalue weighted by molar-refractivity contribution is 0.0946. The molecule has 0 aromatic carbocycles. The Kier molecular flexibility index (Phi) is 3.74. The quantitative estimate of drug-likeness (QED) is 0.825. The average Bonchev–Trinajstić information content (AvgIpc) is 2.73. The molecule has 0 saturated heterocycles. The van der Waals surface area contributed by atoms with Gasteiger partial charge < -0.3 is 11.1 Å². The van der Waals surface area contributed by atoms with E-state index in [1.807, 2.05) is 13.0 Å². The summed E-state index contributed by atoms with van der Waals surface area (Å²) in [6.07, 6.45) is 4.98. The number of carbonyl (C=O) groups is 1. The van der Waals surface area contributed by atoms with Crippen molar-refractivity contribution in [2.24, 2.45) is 11.7 Å². The highest BCUT2D eigenvalue weighted by atomic mass is 16.1. The lowest BCUT2D eigenvalue weighted by Gasteiger charge is -2.15. The summed E-state index contributed by atoms with van der Waals surface area (Å²) in [7, 11) is 0. The van der Waals surface area contributed by atoms with E-state index in [1.165, 1.54) is 6.42 Å². The minimum absolute atomic E-state index is 0.0587. The lowest BCUT2D eigenvalue weighted by Crippen LogP contribution is -2.36. The Morgan fingerprint density at radius 3 is 2.94 bits per heavy atom. The van der Waals surface area contributed by atoms with Crippen molar-refractivity contribution in [3.05, 3.63) is 29.6 Å². The van der Waals surface area contributed by atoms with Crippen LogP contribution in [0.15, 0.2) is 18.3 Å². The molecular formula is C13H19N3O. The molecule has 0 spiro atoms. The van der Waals surface area contributed by atoms with E-state index in [0.29, 0.717) is 18.0 Å². The van der Waals surface area contributed by atoms with Crippen LogP contribution in [0.2, 0.25) is 0 Å². The maximum Gasteiger partial charge on any atom is 0.252 e. The van der Waals surface area contributed by atoms with Crippen molar-refractivity contribution in [1.29, 1.82) is 0 Å². The van der Waals surface area contributed by atoms with Crippen molar-refractivity contribution in [2.75, 3.05) is 6.54 Å². The summed E-state index contributed by atoms with van der Waals surface area (Å²) in [4.78, 5) is 15.9. The van der Waals surface area contributed by atoms with Gasteiger partial charge in [0.15, 0.2) is 0 Å². The fourth-order valence-electron chi connectivity index (χ4n) is 2.25. The number of aromatic nitrogens is 1. The first kappa shape index (κ1) is 12.0. The first-order chi connectivity index (χ1) is 8.16. The predicted octanol–water partition coefficient (Wildman–Crippen LogP) is 1.25. The first-order valence-corrected chi connectivity index (χ1v) is 6.13. The number of hydrogen-bond donors (Lipinski definition) is 2. The van der Waals surface area contributed by atoms with E-state index < -0.39 is 0 Å². The second-order valence-corrected chi connectivity index (χ2v) is 4.75. The molecule has 2 rings (SSSR count). The van der Waals surface area contributed by atoms with Crippen molar-refractivity contribution in [2.45, 2.75) is 32.2 Å². The monoisotopic (exact) mass is 233 g/mol. The summed E-state index contributed by atoms with van der Waals surface area (Å²) in [6, 6.07) is 3.88. The van der Waals surface area contributed by atoms with Gasteiger partial charge in [-0.05, 0) is 37.8 Å². The molecular weight excluding hydrogens is 214 g/mol. The van der Waals surface area contributed by atoms with Gasteiger partial charge in [0, 0.05) is 24.5 Å². The average molecular weight is 233 g/mol. The minimum atomic E-state index is -0.0587. The van der Waals surface area contributed by atoms with Gasteiger partial charge in [-0.15, -0.1) is 0 Å². The third kappa shape index (κ3) is 3.03. The molecule has 0 bridgehead atoms. The van der Waals surface area contributed by atoms with Crippen molar-refractivity contribution in [1.82, 2.24) is 10.3 Å². The predicted molar refractivity (Wildman–Crippen MR) is 66.6 cm³/mol. The Bertz CT molecular complexity index is 388. The molecule has 2 unspecified atom stereocenters. The molecule has 2 atom stereocenters. The number of rotatable bonds is 3. The number of nitrogens with zero attached hydrogens (tertiary/aromatic N) is 1. The zero-order valence-corrected chi connectivity index (χ0v) is 10.1. The van der Waals surface area contributed by atoms with Crippen LogP contribution in [0.1, 0.15) is 35.3 Å². The Morgan fingerprint density at radius 2 is 2.35 bits per heavy atom. The molecule has 3 N–H and O–H groups in total. The molecule has 1 saturated carbocycles. The standard InChI is InChI=1S/C13H19N3O/c1-9-5-6-11(8-15-9)13(17)16-7-10-3-2-4-12(10)14/h5-6,8,10,12H,2-4,7,14H2,1H3,(H,16,17). The van der Waals surface area contributed by atoms with Crippen LogP contribution < -0.4 is 11.1 Å². The van der Waals surface area contributed by atoms with Crippen LogP contribution in [0, 0.1) is 12.8 Å². The van der Waals surface area contributed by atoms with E-state index in [-0.39, 0.29) is 11.9 Å². The summed E-state index contributed by atoms with van der Waals surface area (Å²) < 4.78 is 0. The molecule has 1 aliphatic carbocycles. The highest BCUT2D eigenvalue weighted by Gasteiger charge is 2.24. The van der Waals surface area contributed by atoms with Crippen molar-refractivity contribution in [3.8, 4) is 0 Å². The number of hydrogen-bond acceptors (Lipinski definition) is 3. The number of nitrogens with two attached hydrogens (primary N) is 1. The largest absolute Gasteiger partial charge is 0.352 e. The van der Waals surface area contributed by atoms with Crippen LogP contribution >= 0.6 is 0 Å². The van der Waals surface area contributed by atoms with E-state index in [4.69, 9.17) is 5.73 Å². The van der Waals surface area contributed by atoms with Gasteiger partial charge in [-0.3, -0.25) is 9.78 Å². The molecule has 0 aliphatic heterocycles.